The molecule has 0 unspecified atom stereocenters. The van der Waals surface area contributed by atoms with Crippen molar-refractivity contribution in [3.8, 4) is 0 Å². The Morgan fingerprint density at radius 3 is 2.44 bits per heavy atom. The maximum absolute atomic E-state index is 8.73. The van der Waals surface area contributed by atoms with Crippen LogP contribution < -0.4 is 10.5 Å². The molecule has 0 spiro atoms. The highest BCUT2D eigenvalue weighted by Gasteiger charge is 1.93. The molecule has 0 radical (unpaired) electrons. The first kappa shape index (κ1) is 6.04. The lowest BCUT2D eigenvalue weighted by molar-refractivity contribution is -0.904. The molecule has 0 aromatic carbocycles. The molecule has 3 nitrogen and oxygen atoms in total. The number of pyridine rings is 1. The van der Waals surface area contributed by atoms with Gasteiger partial charge in [-0.3, -0.25) is 5.21 Å². The van der Waals surface area contributed by atoms with E-state index < -0.39 is 0 Å². The summed E-state index contributed by atoms with van der Waals surface area (Å²) < 4.78 is 0.985. The molecule has 3 N–H and O–H groups in total. The molecule has 1 rings (SSSR count). The SMILES string of the molecule is NCc1cc[n+](O)cc1. The van der Waals surface area contributed by atoms with Crippen molar-refractivity contribution in [1.29, 1.82) is 0 Å². The topological polar surface area (TPSA) is 50.1 Å². The molecule has 1 aromatic heterocycles. The van der Waals surface area contributed by atoms with Crippen LogP contribution in [0.4, 0.5) is 0 Å². The molecular formula is C6H9N2O+. The van der Waals surface area contributed by atoms with Crippen molar-refractivity contribution >= 4 is 0 Å². The second-order valence-corrected chi connectivity index (χ2v) is 1.79. The van der Waals surface area contributed by atoms with E-state index in [4.69, 9.17) is 10.9 Å². The van der Waals surface area contributed by atoms with Crippen molar-refractivity contribution in [2.24, 2.45) is 5.73 Å². The highest BCUT2D eigenvalue weighted by Crippen LogP contribution is 1.89. The van der Waals surface area contributed by atoms with Gasteiger partial charge in [-0.05, 0) is 5.56 Å². The molecule has 0 atom stereocenters. The van der Waals surface area contributed by atoms with Gasteiger partial charge in [-0.15, -0.1) is 0 Å². The summed E-state index contributed by atoms with van der Waals surface area (Å²) in [6, 6.07) is 3.53. The lowest BCUT2D eigenvalue weighted by Gasteiger charge is -1.88. The van der Waals surface area contributed by atoms with Gasteiger partial charge in [-0.1, -0.05) is 0 Å². The summed E-state index contributed by atoms with van der Waals surface area (Å²) in [7, 11) is 0. The Morgan fingerprint density at radius 2 is 2.00 bits per heavy atom. The predicted octanol–water partition coefficient (Wildman–Crippen LogP) is -0.330. The van der Waals surface area contributed by atoms with E-state index in [0.29, 0.717) is 6.54 Å². The molecule has 1 heterocycles. The van der Waals surface area contributed by atoms with Gasteiger partial charge in [-0.2, -0.15) is 0 Å². The first-order valence-corrected chi connectivity index (χ1v) is 2.72. The fourth-order valence-electron chi connectivity index (χ4n) is 0.586. The molecule has 1 aromatic rings. The van der Waals surface area contributed by atoms with Gasteiger partial charge in [0.05, 0.1) is 0 Å². The first-order valence-electron chi connectivity index (χ1n) is 2.72. The molecule has 0 saturated carbocycles. The Kier molecular flexibility index (Phi) is 1.65. The van der Waals surface area contributed by atoms with Gasteiger partial charge in [0.2, 0.25) is 12.4 Å². The van der Waals surface area contributed by atoms with E-state index in [-0.39, 0.29) is 0 Å². The fraction of sp³-hybridized carbons (Fsp3) is 0.167. The van der Waals surface area contributed by atoms with Crippen molar-refractivity contribution in [3.05, 3.63) is 30.1 Å². The molecule has 3 heteroatoms. The van der Waals surface area contributed by atoms with E-state index in [1.807, 2.05) is 0 Å². The predicted molar refractivity (Wildman–Crippen MR) is 31.7 cm³/mol. The maximum atomic E-state index is 8.73. The number of hydrogen-bond acceptors (Lipinski definition) is 2. The molecule has 0 amide bonds. The number of nitrogens with zero attached hydrogens (tertiary/aromatic N) is 1. The Bertz CT molecular complexity index is 183. The van der Waals surface area contributed by atoms with E-state index in [1.54, 1.807) is 24.5 Å². The van der Waals surface area contributed by atoms with Crippen molar-refractivity contribution in [1.82, 2.24) is 0 Å². The van der Waals surface area contributed by atoms with E-state index in [1.165, 1.54) is 0 Å². The molecule has 48 valence electrons. The van der Waals surface area contributed by atoms with Crippen LogP contribution in [-0.2, 0) is 6.54 Å². The van der Waals surface area contributed by atoms with E-state index in [9.17, 15) is 0 Å². The molecule has 0 saturated heterocycles. The zero-order valence-electron chi connectivity index (χ0n) is 4.99. The van der Waals surface area contributed by atoms with Crippen LogP contribution in [0, 0.1) is 0 Å². The molecule has 0 bridgehead atoms. The Labute approximate surface area is 53.3 Å². The summed E-state index contributed by atoms with van der Waals surface area (Å²) in [6.07, 6.45) is 3.09. The molecular weight excluding hydrogens is 116 g/mol. The van der Waals surface area contributed by atoms with Gasteiger partial charge in [0.15, 0.2) is 0 Å². The molecule has 0 aliphatic rings. The Balaban J connectivity index is 2.88. The van der Waals surface area contributed by atoms with E-state index in [0.717, 1.165) is 10.3 Å². The first-order chi connectivity index (χ1) is 4.33. The highest BCUT2D eigenvalue weighted by atomic mass is 16.5. The molecule has 0 fully saturated rings. The lowest BCUT2D eigenvalue weighted by atomic mass is 10.3. The monoisotopic (exact) mass is 125 g/mol. The largest absolute Gasteiger partial charge is 0.326 e. The number of rotatable bonds is 1. The van der Waals surface area contributed by atoms with Gasteiger partial charge in [0.25, 0.3) is 0 Å². The van der Waals surface area contributed by atoms with Gasteiger partial charge in [0.1, 0.15) is 0 Å². The van der Waals surface area contributed by atoms with Crippen LogP contribution in [0.2, 0.25) is 0 Å². The minimum absolute atomic E-state index is 0.515. The zero-order valence-corrected chi connectivity index (χ0v) is 4.99. The molecule has 0 aliphatic heterocycles. The van der Waals surface area contributed by atoms with Crippen molar-refractivity contribution < 1.29 is 9.94 Å². The summed E-state index contributed by atoms with van der Waals surface area (Å²) >= 11 is 0. The van der Waals surface area contributed by atoms with Crippen molar-refractivity contribution in [2.45, 2.75) is 6.54 Å². The van der Waals surface area contributed by atoms with Crippen LogP contribution in [0.25, 0.3) is 0 Å². The molecule has 9 heavy (non-hydrogen) atoms. The van der Waals surface area contributed by atoms with Crippen molar-refractivity contribution in [2.75, 3.05) is 0 Å². The van der Waals surface area contributed by atoms with Gasteiger partial charge >= 0.3 is 0 Å². The van der Waals surface area contributed by atoms with Crippen LogP contribution in [-0.4, -0.2) is 5.21 Å². The van der Waals surface area contributed by atoms with Crippen LogP contribution in [0.5, 0.6) is 0 Å². The summed E-state index contributed by atoms with van der Waals surface area (Å²) in [6.45, 7) is 0.515. The van der Waals surface area contributed by atoms with Gasteiger partial charge in [-0.25, -0.2) is 0 Å². The van der Waals surface area contributed by atoms with Crippen LogP contribution in [0.3, 0.4) is 0 Å². The number of aromatic nitrogens is 1. The van der Waals surface area contributed by atoms with Gasteiger partial charge < -0.3 is 5.73 Å². The van der Waals surface area contributed by atoms with Crippen molar-refractivity contribution in [3.63, 3.8) is 0 Å². The van der Waals surface area contributed by atoms with E-state index in [2.05, 4.69) is 0 Å². The second-order valence-electron chi connectivity index (χ2n) is 1.79. The molecule has 0 aliphatic carbocycles. The Hall–Kier alpha value is -1.09. The summed E-state index contributed by atoms with van der Waals surface area (Å²) in [5.41, 5.74) is 6.32. The standard InChI is InChI=1S/C6H9N2O/c7-5-6-1-3-8(9)4-2-6/h1-4,9H,5,7H2/q+1. The quantitative estimate of drug-likeness (QED) is 0.399. The van der Waals surface area contributed by atoms with Crippen LogP contribution >= 0.6 is 0 Å². The third-order valence-electron chi connectivity index (χ3n) is 1.12. The smallest absolute Gasteiger partial charge is 0.222 e. The normalized spacial score (nSPS) is 9.44. The average Bonchev–Trinajstić information content (AvgIpc) is 1.90. The third kappa shape index (κ3) is 1.40. The van der Waals surface area contributed by atoms with E-state index >= 15 is 0 Å². The summed E-state index contributed by atoms with van der Waals surface area (Å²) in [5, 5.41) is 8.73. The van der Waals surface area contributed by atoms with Crippen LogP contribution in [0.15, 0.2) is 24.5 Å². The minimum atomic E-state index is 0.515. The second kappa shape index (κ2) is 2.46. The number of nitrogens with two attached hydrogens (primary N) is 1. The fourth-order valence-corrected chi connectivity index (χ4v) is 0.586. The Morgan fingerprint density at radius 1 is 1.44 bits per heavy atom. The average molecular weight is 125 g/mol. The minimum Gasteiger partial charge on any atom is -0.326 e. The van der Waals surface area contributed by atoms with Gasteiger partial charge in [0, 0.05) is 23.4 Å². The van der Waals surface area contributed by atoms with Crippen LogP contribution in [0.1, 0.15) is 5.56 Å². The number of hydrogen-bond donors (Lipinski definition) is 2. The highest BCUT2D eigenvalue weighted by molar-refractivity contribution is 5.05. The maximum Gasteiger partial charge on any atom is 0.222 e. The zero-order chi connectivity index (χ0) is 6.69. The third-order valence-corrected chi connectivity index (χ3v) is 1.12. The summed E-state index contributed by atoms with van der Waals surface area (Å²) in [5.74, 6) is 0. The lowest BCUT2D eigenvalue weighted by Crippen LogP contribution is -2.28. The summed E-state index contributed by atoms with van der Waals surface area (Å²) in [4.78, 5) is 0.